The lowest BCUT2D eigenvalue weighted by Gasteiger charge is -2.39. The van der Waals surface area contributed by atoms with Crippen LogP contribution in [0.5, 0.6) is 0 Å². The van der Waals surface area contributed by atoms with Crippen LogP contribution in [-0.2, 0) is 16.1 Å². The van der Waals surface area contributed by atoms with Gasteiger partial charge in [-0.05, 0) is 61.5 Å². The van der Waals surface area contributed by atoms with Crippen molar-refractivity contribution in [3.8, 4) is 0 Å². The van der Waals surface area contributed by atoms with Crippen molar-refractivity contribution in [2.75, 3.05) is 39.3 Å². The van der Waals surface area contributed by atoms with Crippen molar-refractivity contribution in [3.63, 3.8) is 0 Å². The van der Waals surface area contributed by atoms with E-state index in [9.17, 15) is 9.59 Å². The predicted molar refractivity (Wildman–Crippen MR) is 146 cm³/mol. The summed E-state index contributed by atoms with van der Waals surface area (Å²) >= 11 is 6.02. The van der Waals surface area contributed by atoms with E-state index < -0.39 is 0 Å². The lowest BCUT2D eigenvalue weighted by Crippen LogP contribution is -2.46. The molecule has 5 rings (SSSR count). The van der Waals surface area contributed by atoms with E-state index in [1.807, 2.05) is 36.1 Å². The molecule has 2 aromatic rings. The minimum absolute atomic E-state index is 0. The molecule has 3 aliphatic heterocycles. The molecule has 5 nitrogen and oxygen atoms in total. The molecule has 3 fully saturated rings. The van der Waals surface area contributed by atoms with Crippen LogP contribution in [0, 0.1) is 11.3 Å². The Labute approximate surface area is 226 Å². The van der Waals surface area contributed by atoms with Gasteiger partial charge in [0.25, 0.3) is 0 Å². The Kier molecular flexibility index (Phi) is 8.64. The van der Waals surface area contributed by atoms with Gasteiger partial charge in [0.05, 0.1) is 5.41 Å². The average Bonchev–Trinajstić information content (AvgIpc) is 3.44. The van der Waals surface area contributed by atoms with Gasteiger partial charge >= 0.3 is 0 Å². The third kappa shape index (κ3) is 5.58. The maximum absolute atomic E-state index is 13.4. The van der Waals surface area contributed by atoms with Gasteiger partial charge < -0.3 is 14.7 Å². The first kappa shape index (κ1) is 27.0. The zero-order chi connectivity index (χ0) is 24.4. The lowest BCUT2D eigenvalue weighted by atomic mass is 9.76. The number of halogens is 2. The SMILES string of the molecule is CCC(=O)N1C[C@H](CN2CCC3(CC2)CCN(Cc2ccc(Cl)cc2)C3=O)[C@@H](c2ccccc2)C1.Cl. The Hall–Kier alpha value is -2.08. The van der Waals surface area contributed by atoms with Gasteiger partial charge in [0, 0.05) is 50.1 Å². The fourth-order valence-electron chi connectivity index (χ4n) is 6.37. The number of piperidine rings is 1. The van der Waals surface area contributed by atoms with Gasteiger partial charge in [-0.1, -0.05) is 61.0 Å². The largest absolute Gasteiger partial charge is 0.342 e. The molecule has 0 bridgehead atoms. The minimum Gasteiger partial charge on any atom is -0.342 e. The van der Waals surface area contributed by atoms with Crippen LogP contribution in [0.25, 0.3) is 0 Å². The Balaban J connectivity index is 0.00000304. The van der Waals surface area contributed by atoms with Gasteiger partial charge in [-0.25, -0.2) is 0 Å². The van der Waals surface area contributed by atoms with E-state index in [-0.39, 0.29) is 23.7 Å². The number of carbonyl (C=O) groups excluding carboxylic acids is 2. The number of benzene rings is 2. The van der Waals surface area contributed by atoms with Crippen molar-refractivity contribution in [3.05, 3.63) is 70.7 Å². The summed E-state index contributed by atoms with van der Waals surface area (Å²) in [6.07, 6.45) is 3.39. The van der Waals surface area contributed by atoms with Gasteiger partial charge in [0.2, 0.25) is 11.8 Å². The lowest BCUT2D eigenvalue weighted by molar-refractivity contribution is -0.139. The summed E-state index contributed by atoms with van der Waals surface area (Å²) in [5.74, 6) is 1.39. The van der Waals surface area contributed by atoms with Crippen LogP contribution in [0.2, 0.25) is 5.02 Å². The Morgan fingerprint density at radius 3 is 2.31 bits per heavy atom. The molecule has 2 aromatic carbocycles. The molecule has 3 aliphatic rings. The molecule has 2 amide bonds. The maximum atomic E-state index is 13.4. The maximum Gasteiger partial charge on any atom is 0.229 e. The monoisotopic (exact) mass is 529 g/mol. The van der Waals surface area contributed by atoms with Crippen molar-refractivity contribution in [2.24, 2.45) is 11.3 Å². The van der Waals surface area contributed by atoms with Gasteiger partial charge in [-0.15, -0.1) is 12.4 Å². The first-order valence-electron chi connectivity index (χ1n) is 13.1. The van der Waals surface area contributed by atoms with Crippen LogP contribution in [-0.4, -0.2) is 65.8 Å². The number of nitrogens with zero attached hydrogens (tertiary/aromatic N) is 3. The molecule has 0 saturated carbocycles. The highest BCUT2D eigenvalue weighted by atomic mass is 35.5. The molecule has 7 heteroatoms. The highest BCUT2D eigenvalue weighted by molar-refractivity contribution is 6.30. The highest BCUT2D eigenvalue weighted by Crippen LogP contribution is 2.43. The van der Waals surface area contributed by atoms with Crippen molar-refractivity contribution >= 4 is 35.8 Å². The molecule has 0 unspecified atom stereocenters. The summed E-state index contributed by atoms with van der Waals surface area (Å²) in [4.78, 5) is 32.5. The molecule has 1 spiro atoms. The van der Waals surface area contributed by atoms with Gasteiger partial charge in [-0.2, -0.15) is 0 Å². The van der Waals surface area contributed by atoms with Crippen LogP contribution >= 0.6 is 24.0 Å². The van der Waals surface area contributed by atoms with Crippen LogP contribution in [0.3, 0.4) is 0 Å². The Bertz CT molecular complexity index is 1040. The van der Waals surface area contributed by atoms with E-state index in [0.717, 1.165) is 69.1 Å². The first-order chi connectivity index (χ1) is 17.0. The van der Waals surface area contributed by atoms with E-state index >= 15 is 0 Å². The molecule has 0 aromatic heterocycles. The van der Waals surface area contributed by atoms with E-state index in [0.29, 0.717) is 30.7 Å². The number of hydrogen-bond acceptors (Lipinski definition) is 3. The first-order valence-corrected chi connectivity index (χ1v) is 13.4. The van der Waals surface area contributed by atoms with E-state index in [1.165, 1.54) is 5.56 Å². The smallest absolute Gasteiger partial charge is 0.229 e. The zero-order valence-electron chi connectivity index (χ0n) is 21.1. The molecule has 0 N–H and O–H groups in total. The van der Waals surface area contributed by atoms with Crippen molar-refractivity contribution in [2.45, 2.75) is 45.1 Å². The predicted octanol–water partition coefficient (Wildman–Crippen LogP) is 5.23. The third-order valence-electron chi connectivity index (χ3n) is 8.52. The van der Waals surface area contributed by atoms with Crippen molar-refractivity contribution in [1.29, 1.82) is 0 Å². The van der Waals surface area contributed by atoms with E-state index in [1.54, 1.807) is 0 Å². The summed E-state index contributed by atoms with van der Waals surface area (Å²) < 4.78 is 0. The summed E-state index contributed by atoms with van der Waals surface area (Å²) in [5, 5.41) is 0.726. The molecule has 2 atom stereocenters. The summed E-state index contributed by atoms with van der Waals surface area (Å²) in [6.45, 7) is 8.02. The molecule has 0 aliphatic carbocycles. The number of amides is 2. The normalized spacial score (nSPS) is 23.8. The van der Waals surface area contributed by atoms with Crippen LogP contribution in [0.15, 0.2) is 54.6 Å². The highest BCUT2D eigenvalue weighted by Gasteiger charge is 2.48. The van der Waals surface area contributed by atoms with Crippen LogP contribution < -0.4 is 0 Å². The summed E-state index contributed by atoms with van der Waals surface area (Å²) in [6, 6.07) is 18.5. The fraction of sp³-hybridized carbons (Fsp3) is 0.517. The molecule has 3 saturated heterocycles. The minimum atomic E-state index is -0.193. The van der Waals surface area contributed by atoms with E-state index in [4.69, 9.17) is 11.6 Å². The number of hydrogen-bond donors (Lipinski definition) is 0. The average molecular weight is 531 g/mol. The van der Waals surface area contributed by atoms with E-state index in [2.05, 4.69) is 40.1 Å². The second-order valence-corrected chi connectivity index (χ2v) is 11.1. The second-order valence-electron chi connectivity index (χ2n) is 10.6. The molecular formula is C29H37Cl2N3O2. The number of carbonyl (C=O) groups is 2. The summed E-state index contributed by atoms with van der Waals surface area (Å²) in [5.41, 5.74) is 2.28. The Morgan fingerprint density at radius 2 is 1.64 bits per heavy atom. The van der Waals surface area contributed by atoms with Crippen molar-refractivity contribution in [1.82, 2.24) is 14.7 Å². The van der Waals surface area contributed by atoms with Gasteiger partial charge in [0.1, 0.15) is 0 Å². The number of rotatable bonds is 6. The Morgan fingerprint density at radius 1 is 0.972 bits per heavy atom. The fourth-order valence-corrected chi connectivity index (χ4v) is 6.50. The topological polar surface area (TPSA) is 43.9 Å². The molecule has 0 radical (unpaired) electrons. The quantitative estimate of drug-likeness (QED) is 0.514. The van der Waals surface area contributed by atoms with Gasteiger partial charge in [0.15, 0.2) is 0 Å². The standard InChI is InChI=1S/C29H36ClN3O2.ClH/c1-2-27(34)33-20-24(26(21-33)23-6-4-3-5-7-23)19-31-15-12-29(13-16-31)14-17-32(28(29)35)18-22-8-10-25(30)11-9-22;/h3-11,24,26H,2,12-21H2,1H3;1H/t24-,26+;/m0./s1. The second kappa shape index (κ2) is 11.5. The third-order valence-corrected chi connectivity index (χ3v) is 8.77. The molecule has 3 heterocycles. The zero-order valence-corrected chi connectivity index (χ0v) is 22.6. The van der Waals surface area contributed by atoms with Crippen LogP contribution in [0.1, 0.15) is 49.7 Å². The number of likely N-dealkylation sites (tertiary alicyclic amines) is 3. The van der Waals surface area contributed by atoms with Crippen molar-refractivity contribution < 1.29 is 9.59 Å². The van der Waals surface area contributed by atoms with Crippen LogP contribution in [0.4, 0.5) is 0 Å². The summed E-state index contributed by atoms with van der Waals surface area (Å²) in [7, 11) is 0. The molecule has 36 heavy (non-hydrogen) atoms. The molecule has 194 valence electrons. The van der Waals surface area contributed by atoms with Gasteiger partial charge in [-0.3, -0.25) is 9.59 Å². The molecular weight excluding hydrogens is 493 g/mol.